The van der Waals surface area contributed by atoms with E-state index in [-0.39, 0.29) is 5.56 Å². The van der Waals surface area contributed by atoms with E-state index in [9.17, 15) is 9.90 Å². The van der Waals surface area contributed by atoms with Crippen LogP contribution in [0.5, 0.6) is 17.2 Å². The molecular formula is C24H22BrCl2NO5. The van der Waals surface area contributed by atoms with Gasteiger partial charge in [0.2, 0.25) is 0 Å². The number of carbonyl (C=O) groups is 1. The molecule has 0 aliphatic rings. The molecule has 0 aliphatic carbocycles. The lowest BCUT2D eigenvalue weighted by molar-refractivity contribution is 0.0697. The summed E-state index contributed by atoms with van der Waals surface area (Å²) >= 11 is 15.7. The second-order valence-corrected chi connectivity index (χ2v) is 8.60. The Morgan fingerprint density at radius 3 is 2.42 bits per heavy atom. The van der Waals surface area contributed by atoms with E-state index < -0.39 is 5.97 Å². The van der Waals surface area contributed by atoms with Gasteiger partial charge >= 0.3 is 5.97 Å². The molecule has 0 fully saturated rings. The number of nitrogens with one attached hydrogen (secondary N) is 1. The Bertz CT molecular complexity index is 1160. The van der Waals surface area contributed by atoms with E-state index in [0.29, 0.717) is 52.7 Å². The summed E-state index contributed by atoms with van der Waals surface area (Å²) in [4.78, 5) is 11.3. The molecule has 3 aromatic rings. The maximum absolute atomic E-state index is 11.3. The van der Waals surface area contributed by atoms with E-state index in [2.05, 4.69) is 21.2 Å². The summed E-state index contributed by atoms with van der Waals surface area (Å²) in [7, 11) is 1.53. The van der Waals surface area contributed by atoms with Crippen LogP contribution in [0.25, 0.3) is 0 Å². The van der Waals surface area contributed by atoms with Crippen molar-refractivity contribution < 1.29 is 24.1 Å². The maximum atomic E-state index is 11.3. The average molecular weight is 555 g/mol. The number of ether oxygens (including phenoxy) is 3. The SMILES string of the molecule is CCOc1cc(CNc2cc(C(=O)O)ccc2OC)c(Br)cc1OCc1ccc(Cl)c(Cl)c1. The molecule has 0 heterocycles. The van der Waals surface area contributed by atoms with E-state index in [1.165, 1.54) is 19.2 Å². The normalized spacial score (nSPS) is 10.6. The maximum Gasteiger partial charge on any atom is 0.335 e. The topological polar surface area (TPSA) is 77.0 Å². The molecule has 0 saturated heterocycles. The molecule has 0 aliphatic heterocycles. The van der Waals surface area contributed by atoms with Crippen molar-refractivity contribution in [2.75, 3.05) is 19.0 Å². The monoisotopic (exact) mass is 553 g/mol. The highest BCUT2D eigenvalue weighted by Crippen LogP contribution is 2.36. The second kappa shape index (κ2) is 11.5. The van der Waals surface area contributed by atoms with Gasteiger partial charge in [-0.05, 0) is 60.5 Å². The average Bonchev–Trinajstić information content (AvgIpc) is 2.80. The first-order valence-electron chi connectivity index (χ1n) is 9.99. The Morgan fingerprint density at radius 1 is 1.00 bits per heavy atom. The van der Waals surface area contributed by atoms with Crippen molar-refractivity contribution >= 4 is 50.8 Å². The lowest BCUT2D eigenvalue weighted by Gasteiger charge is -2.17. The van der Waals surface area contributed by atoms with E-state index in [4.69, 9.17) is 37.4 Å². The van der Waals surface area contributed by atoms with Crippen LogP contribution in [0.4, 0.5) is 5.69 Å². The van der Waals surface area contributed by atoms with Gasteiger partial charge in [-0.25, -0.2) is 4.79 Å². The first kappa shape index (κ1) is 25.0. The number of benzene rings is 3. The van der Waals surface area contributed by atoms with E-state index in [1.807, 2.05) is 25.1 Å². The quantitative estimate of drug-likeness (QED) is 0.279. The van der Waals surface area contributed by atoms with Crippen molar-refractivity contribution in [1.29, 1.82) is 0 Å². The fourth-order valence-electron chi connectivity index (χ4n) is 3.05. The summed E-state index contributed by atoms with van der Waals surface area (Å²) in [5.74, 6) is 0.694. The number of halogens is 3. The number of methoxy groups -OCH3 is 1. The van der Waals surface area contributed by atoms with Crippen LogP contribution in [0.15, 0.2) is 53.0 Å². The lowest BCUT2D eigenvalue weighted by atomic mass is 10.1. The Balaban J connectivity index is 1.80. The second-order valence-electron chi connectivity index (χ2n) is 6.93. The fourth-order valence-corrected chi connectivity index (χ4v) is 3.84. The summed E-state index contributed by atoms with van der Waals surface area (Å²) in [6, 6.07) is 13.7. The molecule has 174 valence electrons. The molecule has 33 heavy (non-hydrogen) atoms. The Labute approximate surface area is 210 Å². The number of anilines is 1. The van der Waals surface area contributed by atoms with Crippen LogP contribution in [0.2, 0.25) is 10.0 Å². The van der Waals surface area contributed by atoms with Crippen molar-refractivity contribution in [2.45, 2.75) is 20.1 Å². The Morgan fingerprint density at radius 2 is 1.76 bits per heavy atom. The number of carboxylic acids is 1. The molecule has 3 aromatic carbocycles. The van der Waals surface area contributed by atoms with Gasteiger partial charge in [-0.3, -0.25) is 0 Å². The van der Waals surface area contributed by atoms with Crippen LogP contribution in [0, 0.1) is 0 Å². The van der Waals surface area contributed by atoms with Crippen molar-refractivity contribution in [2.24, 2.45) is 0 Å². The number of hydrogen-bond acceptors (Lipinski definition) is 5. The molecule has 0 atom stereocenters. The third-order valence-electron chi connectivity index (χ3n) is 4.71. The molecule has 2 N–H and O–H groups in total. The predicted octanol–water partition coefficient (Wildman–Crippen LogP) is 7.05. The molecular weight excluding hydrogens is 533 g/mol. The number of aromatic carboxylic acids is 1. The van der Waals surface area contributed by atoms with Gasteiger partial charge in [0.25, 0.3) is 0 Å². The summed E-state index contributed by atoms with van der Waals surface area (Å²) < 4.78 is 17.9. The van der Waals surface area contributed by atoms with E-state index in [0.717, 1.165) is 15.6 Å². The molecule has 9 heteroatoms. The molecule has 0 unspecified atom stereocenters. The van der Waals surface area contributed by atoms with Gasteiger partial charge in [0.1, 0.15) is 12.4 Å². The Kier molecular flexibility index (Phi) is 8.72. The highest BCUT2D eigenvalue weighted by Gasteiger charge is 2.14. The van der Waals surface area contributed by atoms with Gasteiger partial charge in [-0.2, -0.15) is 0 Å². The molecule has 0 bridgehead atoms. The standard InChI is InChI=1S/C24H22BrCl2NO5/c1-3-32-22-10-16(12-28-20-9-15(24(29)30)5-7-21(20)31-2)17(25)11-23(22)33-13-14-4-6-18(26)19(27)8-14/h4-11,28H,3,12-13H2,1-2H3,(H,29,30). The molecule has 3 rings (SSSR count). The van der Waals surface area contributed by atoms with Crippen LogP contribution in [0.1, 0.15) is 28.4 Å². The third kappa shape index (κ3) is 6.47. The minimum absolute atomic E-state index is 0.165. The number of carboxylic acid groups (broad SMARTS) is 1. The lowest BCUT2D eigenvalue weighted by Crippen LogP contribution is -2.06. The van der Waals surface area contributed by atoms with Crippen molar-refractivity contribution in [3.05, 3.63) is 79.7 Å². The van der Waals surface area contributed by atoms with Crippen molar-refractivity contribution in [3.8, 4) is 17.2 Å². The summed E-state index contributed by atoms with van der Waals surface area (Å²) in [5.41, 5.74) is 2.50. The molecule has 0 amide bonds. The summed E-state index contributed by atoms with van der Waals surface area (Å²) in [6.45, 7) is 3.05. The zero-order valence-corrected chi connectivity index (χ0v) is 21.1. The Hall–Kier alpha value is -2.61. The minimum Gasteiger partial charge on any atom is -0.495 e. The van der Waals surface area contributed by atoms with Crippen LogP contribution in [0.3, 0.4) is 0 Å². The van der Waals surface area contributed by atoms with Gasteiger partial charge in [0.15, 0.2) is 11.5 Å². The van der Waals surface area contributed by atoms with Gasteiger partial charge in [-0.1, -0.05) is 45.2 Å². The first-order valence-corrected chi connectivity index (χ1v) is 11.5. The highest BCUT2D eigenvalue weighted by atomic mass is 79.9. The number of hydrogen-bond donors (Lipinski definition) is 2. The third-order valence-corrected chi connectivity index (χ3v) is 6.18. The van der Waals surface area contributed by atoms with Gasteiger partial charge in [0.05, 0.1) is 35.0 Å². The smallest absolute Gasteiger partial charge is 0.335 e. The first-order chi connectivity index (χ1) is 15.8. The van der Waals surface area contributed by atoms with Gasteiger partial charge < -0.3 is 24.6 Å². The zero-order valence-electron chi connectivity index (χ0n) is 18.0. The molecule has 0 saturated carbocycles. The van der Waals surface area contributed by atoms with Crippen LogP contribution < -0.4 is 19.5 Å². The van der Waals surface area contributed by atoms with E-state index in [1.54, 1.807) is 18.2 Å². The summed E-state index contributed by atoms with van der Waals surface area (Å²) in [6.07, 6.45) is 0. The molecule has 0 radical (unpaired) electrons. The van der Waals surface area contributed by atoms with E-state index >= 15 is 0 Å². The fraction of sp³-hybridized carbons (Fsp3) is 0.208. The zero-order chi connectivity index (χ0) is 24.0. The van der Waals surface area contributed by atoms with Crippen LogP contribution in [-0.2, 0) is 13.2 Å². The molecule has 0 aromatic heterocycles. The van der Waals surface area contributed by atoms with Crippen molar-refractivity contribution in [1.82, 2.24) is 0 Å². The predicted molar refractivity (Wildman–Crippen MR) is 133 cm³/mol. The molecule has 6 nitrogen and oxygen atoms in total. The van der Waals surface area contributed by atoms with Crippen LogP contribution in [-0.4, -0.2) is 24.8 Å². The largest absolute Gasteiger partial charge is 0.495 e. The number of rotatable bonds is 10. The van der Waals surface area contributed by atoms with Crippen molar-refractivity contribution in [3.63, 3.8) is 0 Å². The minimum atomic E-state index is -1.01. The van der Waals surface area contributed by atoms with Crippen LogP contribution >= 0.6 is 39.1 Å². The molecule has 0 spiro atoms. The highest BCUT2D eigenvalue weighted by molar-refractivity contribution is 9.10. The van der Waals surface area contributed by atoms with Gasteiger partial charge in [0, 0.05) is 11.0 Å². The summed E-state index contributed by atoms with van der Waals surface area (Å²) in [5, 5.41) is 13.5. The van der Waals surface area contributed by atoms with Gasteiger partial charge in [-0.15, -0.1) is 0 Å².